The largest absolute Gasteiger partial charge is 0.480 e. The summed E-state index contributed by atoms with van der Waals surface area (Å²) in [6.07, 6.45) is 2.16. The highest BCUT2D eigenvalue weighted by atomic mass is 16.4. The van der Waals surface area contributed by atoms with Crippen LogP contribution in [0.2, 0.25) is 0 Å². The number of anilines is 1. The first-order valence-corrected chi connectivity index (χ1v) is 14.0. The van der Waals surface area contributed by atoms with E-state index in [9.17, 15) is 14.7 Å². The zero-order valence-corrected chi connectivity index (χ0v) is 22.8. The number of carboxylic acids is 1. The first-order valence-electron chi connectivity index (χ1n) is 14.0. The molecular weight excluding hydrogens is 502 g/mol. The molecule has 0 spiro atoms. The van der Waals surface area contributed by atoms with Crippen LogP contribution in [0.1, 0.15) is 36.0 Å². The van der Waals surface area contributed by atoms with Gasteiger partial charge in [-0.05, 0) is 59.3 Å². The van der Waals surface area contributed by atoms with Crippen LogP contribution < -0.4 is 10.6 Å². The van der Waals surface area contributed by atoms with Gasteiger partial charge in [0.1, 0.15) is 5.41 Å². The van der Waals surface area contributed by atoms with Gasteiger partial charge in [-0.25, -0.2) is 4.98 Å². The van der Waals surface area contributed by atoms with Gasteiger partial charge in [0.25, 0.3) is 0 Å². The summed E-state index contributed by atoms with van der Waals surface area (Å²) in [6, 6.07) is 21.7. The van der Waals surface area contributed by atoms with Gasteiger partial charge in [-0.1, -0.05) is 61.0 Å². The number of para-hydroxylation sites is 2. The lowest BCUT2D eigenvalue weighted by Crippen LogP contribution is -2.47. The van der Waals surface area contributed by atoms with Crippen molar-refractivity contribution < 1.29 is 14.7 Å². The summed E-state index contributed by atoms with van der Waals surface area (Å²) >= 11 is 0. The number of rotatable bonds is 9. The molecule has 2 aliphatic rings. The van der Waals surface area contributed by atoms with E-state index in [0.29, 0.717) is 12.0 Å². The fourth-order valence-corrected chi connectivity index (χ4v) is 6.79. The Hall–Kier alpha value is -4.17. The molecule has 2 heterocycles. The Morgan fingerprint density at radius 2 is 1.65 bits per heavy atom. The van der Waals surface area contributed by atoms with Crippen molar-refractivity contribution in [1.82, 2.24) is 14.5 Å². The number of unbranched alkanes of at least 4 members (excludes halogenated alkanes) is 1. The number of imidazole rings is 1. The molecule has 3 N–H and O–H groups in total. The van der Waals surface area contributed by atoms with Crippen LogP contribution in [0, 0.1) is 0 Å². The number of carboxylic acid groups (broad SMARTS) is 1. The third-order valence-electron chi connectivity index (χ3n) is 8.68. The Labute approximate surface area is 234 Å². The number of fused-ring (bicyclic) bond motifs is 4. The second kappa shape index (κ2) is 10.4. The van der Waals surface area contributed by atoms with Gasteiger partial charge >= 0.3 is 5.97 Å². The lowest BCUT2D eigenvalue weighted by atomic mass is 9.72. The number of aliphatic carboxylic acids is 1. The molecule has 3 aromatic carbocycles. The van der Waals surface area contributed by atoms with Gasteiger partial charge in [0.05, 0.1) is 17.5 Å². The summed E-state index contributed by atoms with van der Waals surface area (Å²) in [7, 11) is 2.07. The van der Waals surface area contributed by atoms with Crippen molar-refractivity contribution in [2.45, 2.75) is 31.1 Å². The number of carbonyl (C=O) groups is 2. The molecule has 4 aromatic rings. The van der Waals surface area contributed by atoms with Crippen LogP contribution >= 0.6 is 0 Å². The van der Waals surface area contributed by atoms with Crippen molar-refractivity contribution in [3.8, 4) is 11.1 Å². The van der Waals surface area contributed by atoms with Crippen molar-refractivity contribution >= 4 is 28.9 Å². The quantitative estimate of drug-likeness (QED) is 0.314. The van der Waals surface area contributed by atoms with Crippen LogP contribution in [-0.4, -0.2) is 64.2 Å². The molecular formula is C32H35N5O3. The van der Waals surface area contributed by atoms with Crippen LogP contribution in [0.25, 0.3) is 22.2 Å². The third kappa shape index (κ3) is 4.32. The predicted octanol–water partition coefficient (Wildman–Crippen LogP) is 3.94. The number of piperazine rings is 1. The van der Waals surface area contributed by atoms with Crippen LogP contribution in [0.15, 0.2) is 66.7 Å². The zero-order valence-electron chi connectivity index (χ0n) is 22.8. The molecule has 8 heteroatoms. The molecule has 0 saturated carbocycles. The Balaban J connectivity index is 1.14. The number of nitrogens with two attached hydrogens (primary N) is 1. The maximum Gasteiger partial charge on any atom is 0.318 e. The SMILES string of the molecule is Cn1c(N2CCN(CCCCC3(C(=O)O)c4ccccc4-c4cccc(CC(N)=O)c43)CC2)nc2ccccc21. The molecule has 1 aliphatic heterocycles. The van der Waals surface area contributed by atoms with E-state index in [0.717, 1.165) is 84.8 Å². The Morgan fingerprint density at radius 1 is 0.925 bits per heavy atom. The van der Waals surface area contributed by atoms with Gasteiger partial charge in [-0.2, -0.15) is 0 Å². The van der Waals surface area contributed by atoms with Crippen LogP contribution in [0.4, 0.5) is 5.95 Å². The molecule has 1 amide bonds. The van der Waals surface area contributed by atoms with Crippen molar-refractivity contribution in [1.29, 1.82) is 0 Å². The minimum absolute atomic E-state index is 0.0298. The summed E-state index contributed by atoms with van der Waals surface area (Å²) in [6.45, 7) is 4.63. The van der Waals surface area contributed by atoms with Gasteiger partial charge < -0.3 is 20.3 Å². The van der Waals surface area contributed by atoms with E-state index in [1.165, 1.54) is 0 Å². The Kier molecular flexibility index (Phi) is 6.80. The lowest BCUT2D eigenvalue weighted by molar-refractivity contribution is -0.142. The van der Waals surface area contributed by atoms with E-state index in [1.807, 2.05) is 54.6 Å². The molecule has 1 saturated heterocycles. The molecule has 1 unspecified atom stereocenters. The smallest absolute Gasteiger partial charge is 0.318 e. The minimum atomic E-state index is -1.18. The van der Waals surface area contributed by atoms with E-state index in [2.05, 4.69) is 33.5 Å². The molecule has 8 nitrogen and oxygen atoms in total. The second-order valence-electron chi connectivity index (χ2n) is 11.0. The normalized spacial score (nSPS) is 18.6. The number of benzene rings is 3. The van der Waals surface area contributed by atoms with Gasteiger partial charge in [0, 0.05) is 33.2 Å². The predicted molar refractivity (Wildman–Crippen MR) is 156 cm³/mol. The standard InChI is InChI=1S/C32H35N5O3/c1-35-27-14-5-4-13-26(27)34-31(35)37-19-17-36(18-20-37)16-7-6-15-32(30(39)40)25-12-3-2-10-23(25)24-11-8-9-22(29(24)32)21-28(33)38/h2-5,8-14H,6-7,15-21H2,1H3,(H2,33,38)(H,39,40). The van der Waals surface area contributed by atoms with Gasteiger partial charge in [0.15, 0.2) is 0 Å². The second-order valence-corrected chi connectivity index (χ2v) is 11.0. The summed E-state index contributed by atoms with van der Waals surface area (Å²) in [5.74, 6) is -0.317. The average molecular weight is 538 g/mol. The fourth-order valence-electron chi connectivity index (χ4n) is 6.79. The van der Waals surface area contributed by atoms with Gasteiger partial charge in [-0.3, -0.25) is 14.5 Å². The fraction of sp³-hybridized carbons (Fsp3) is 0.344. The number of primary amides is 1. The highest BCUT2D eigenvalue weighted by molar-refractivity contribution is 5.98. The van der Waals surface area contributed by atoms with Gasteiger partial charge in [0.2, 0.25) is 11.9 Å². The molecule has 1 aliphatic carbocycles. The highest BCUT2D eigenvalue weighted by Crippen LogP contribution is 2.53. The topological polar surface area (TPSA) is 105 Å². The monoisotopic (exact) mass is 537 g/mol. The maximum absolute atomic E-state index is 13.1. The Morgan fingerprint density at radius 3 is 2.40 bits per heavy atom. The summed E-state index contributed by atoms with van der Waals surface area (Å²) in [5.41, 5.74) is 10.6. The highest BCUT2D eigenvalue weighted by Gasteiger charge is 2.50. The first-order chi connectivity index (χ1) is 19.4. The lowest BCUT2D eigenvalue weighted by Gasteiger charge is -2.35. The number of carbonyl (C=O) groups excluding carboxylic acids is 1. The summed E-state index contributed by atoms with van der Waals surface area (Å²) in [4.78, 5) is 34.7. The molecule has 40 heavy (non-hydrogen) atoms. The average Bonchev–Trinajstić information content (AvgIpc) is 3.45. The maximum atomic E-state index is 13.1. The van der Waals surface area contributed by atoms with E-state index in [-0.39, 0.29) is 6.42 Å². The van der Waals surface area contributed by atoms with Crippen molar-refractivity contribution in [2.75, 3.05) is 37.6 Å². The minimum Gasteiger partial charge on any atom is -0.480 e. The van der Waals surface area contributed by atoms with Crippen LogP contribution in [0.3, 0.4) is 0 Å². The van der Waals surface area contributed by atoms with E-state index in [1.54, 1.807) is 0 Å². The molecule has 206 valence electrons. The number of aryl methyl sites for hydroxylation is 1. The van der Waals surface area contributed by atoms with E-state index < -0.39 is 17.3 Å². The third-order valence-corrected chi connectivity index (χ3v) is 8.68. The van der Waals surface area contributed by atoms with Crippen molar-refractivity contribution in [2.24, 2.45) is 12.8 Å². The zero-order chi connectivity index (χ0) is 27.9. The number of aromatic nitrogens is 2. The number of amides is 1. The molecule has 1 fully saturated rings. The first kappa shape index (κ1) is 26.1. The van der Waals surface area contributed by atoms with Crippen molar-refractivity contribution in [3.63, 3.8) is 0 Å². The molecule has 6 rings (SSSR count). The van der Waals surface area contributed by atoms with Crippen molar-refractivity contribution in [3.05, 3.63) is 83.4 Å². The number of hydrogen-bond donors (Lipinski definition) is 2. The van der Waals surface area contributed by atoms with Crippen LogP contribution in [0.5, 0.6) is 0 Å². The van der Waals surface area contributed by atoms with Gasteiger partial charge in [-0.15, -0.1) is 0 Å². The molecule has 1 aromatic heterocycles. The molecule has 1 atom stereocenters. The molecule has 0 radical (unpaired) electrons. The van der Waals surface area contributed by atoms with Crippen LogP contribution in [-0.2, 0) is 28.5 Å². The Bertz CT molecular complexity index is 1590. The van der Waals surface area contributed by atoms with E-state index in [4.69, 9.17) is 10.7 Å². The molecule has 0 bridgehead atoms. The number of nitrogens with zero attached hydrogens (tertiary/aromatic N) is 4. The summed E-state index contributed by atoms with van der Waals surface area (Å²) < 4.78 is 2.17. The number of hydrogen-bond acceptors (Lipinski definition) is 5. The summed E-state index contributed by atoms with van der Waals surface area (Å²) in [5, 5.41) is 10.7. The van der Waals surface area contributed by atoms with E-state index >= 15 is 0 Å².